The number of benzene rings is 1. The van der Waals surface area contributed by atoms with Crippen LogP contribution in [0.4, 0.5) is 0 Å². The monoisotopic (exact) mass is 242 g/mol. The highest BCUT2D eigenvalue weighted by molar-refractivity contribution is 6.01. The average Bonchev–Trinajstić information content (AvgIpc) is 2.73. The summed E-state index contributed by atoms with van der Waals surface area (Å²) in [6, 6.07) is 3.59. The fraction of sp³-hybridized carbons (Fsp3) is 0.267. The Balaban J connectivity index is 2.15. The SMILES string of the molecule is COc1cc(O)c2c(c1)CCC21C=CC(=O)C=C1. The Morgan fingerprint density at radius 3 is 2.67 bits per heavy atom. The van der Waals surface area contributed by atoms with Gasteiger partial charge in [0.2, 0.25) is 0 Å². The van der Waals surface area contributed by atoms with Gasteiger partial charge in [0, 0.05) is 17.0 Å². The molecule has 0 amide bonds. The molecule has 2 aliphatic carbocycles. The maximum atomic E-state index is 11.2. The second-order valence-corrected chi connectivity index (χ2v) is 4.79. The van der Waals surface area contributed by atoms with E-state index in [1.54, 1.807) is 25.3 Å². The summed E-state index contributed by atoms with van der Waals surface area (Å²) >= 11 is 0. The van der Waals surface area contributed by atoms with Crippen LogP contribution >= 0.6 is 0 Å². The number of rotatable bonds is 1. The Morgan fingerprint density at radius 1 is 1.28 bits per heavy atom. The van der Waals surface area contributed by atoms with Crippen LogP contribution in [0.1, 0.15) is 17.5 Å². The minimum absolute atomic E-state index is 0.00192. The van der Waals surface area contributed by atoms with Crippen molar-refractivity contribution in [2.45, 2.75) is 18.3 Å². The number of carbonyl (C=O) groups is 1. The van der Waals surface area contributed by atoms with Gasteiger partial charge in [-0.1, -0.05) is 12.2 Å². The molecule has 0 bridgehead atoms. The summed E-state index contributed by atoms with van der Waals surface area (Å²) < 4.78 is 5.16. The fourth-order valence-electron chi connectivity index (χ4n) is 2.88. The number of methoxy groups -OCH3 is 1. The number of carbonyl (C=O) groups excluding carboxylic acids is 1. The van der Waals surface area contributed by atoms with Gasteiger partial charge >= 0.3 is 0 Å². The number of hydrogen-bond donors (Lipinski definition) is 1. The predicted molar refractivity (Wildman–Crippen MR) is 67.9 cm³/mol. The van der Waals surface area contributed by atoms with Gasteiger partial charge in [-0.3, -0.25) is 4.79 Å². The third-order valence-electron chi connectivity index (χ3n) is 3.77. The molecule has 3 heteroatoms. The highest BCUT2D eigenvalue weighted by atomic mass is 16.5. The number of ether oxygens (including phenoxy) is 1. The van der Waals surface area contributed by atoms with Crippen LogP contribution in [-0.2, 0) is 16.6 Å². The molecule has 1 spiro atoms. The molecule has 0 fully saturated rings. The van der Waals surface area contributed by atoms with E-state index < -0.39 is 0 Å². The first-order chi connectivity index (χ1) is 8.64. The van der Waals surface area contributed by atoms with Crippen molar-refractivity contribution in [2.75, 3.05) is 7.11 Å². The van der Waals surface area contributed by atoms with Gasteiger partial charge in [0.15, 0.2) is 5.78 Å². The van der Waals surface area contributed by atoms with E-state index in [2.05, 4.69) is 0 Å². The summed E-state index contributed by atoms with van der Waals surface area (Å²) in [7, 11) is 1.59. The number of ketones is 1. The van der Waals surface area contributed by atoms with Crippen LogP contribution < -0.4 is 4.74 Å². The van der Waals surface area contributed by atoms with Crippen molar-refractivity contribution in [3.8, 4) is 11.5 Å². The molecule has 3 nitrogen and oxygen atoms in total. The second-order valence-electron chi connectivity index (χ2n) is 4.79. The molecule has 0 saturated heterocycles. The number of aryl methyl sites for hydroxylation is 1. The first-order valence-corrected chi connectivity index (χ1v) is 5.97. The van der Waals surface area contributed by atoms with Crippen LogP contribution in [-0.4, -0.2) is 18.0 Å². The number of aromatic hydroxyl groups is 1. The molecular formula is C15H14O3. The molecule has 2 aliphatic rings. The maximum absolute atomic E-state index is 11.2. The predicted octanol–water partition coefficient (Wildman–Crippen LogP) is 2.28. The lowest BCUT2D eigenvalue weighted by atomic mass is 9.78. The first-order valence-electron chi connectivity index (χ1n) is 5.97. The number of fused-ring (bicyclic) bond motifs is 2. The minimum atomic E-state index is -0.320. The zero-order valence-electron chi connectivity index (χ0n) is 10.1. The number of hydrogen-bond acceptors (Lipinski definition) is 3. The van der Waals surface area contributed by atoms with Crippen molar-refractivity contribution in [1.29, 1.82) is 0 Å². The van der Waals surface area contributed by atoms with Crippen LogP contribution in [0.3, 0.4) is 0 Å². The van der Waals surface area contributed by atoms with Crippen LogP contribution in [0.2, 0.25) is 0 Å². The van der Waals surface area contributed by atoms with E-state index >= 15 is 0 Å². The van der Waals surface area contributed by atoms with Gasteiger partial charge < -0.3 is 9.84 Å². The molecule has 0 atom stereocenters. The first kappa shape index (κ1) is 11.1. The van der Waals surface area contributed by atoms with Crippen LogP contribution in [0.5, 0.6) is 11.5 Å². The lowest BCUT2D eigenvalue weighted by Crippen LogP contribution is -2.20. The second kappa shape index (κ2) is 3.73. The van der Waals surface area contributed by atoms with E-state index in [-0.39, 0.29) is 16.9 Å². The number of phenolic OH excluding ortho intramolecular Hbond substituents is 1. The lowest BCUT2D eigenvalue weighted by Gasteiger charge is -2.25. The van der Waals surface area contributed by atoms with Crippen molar-refractivity contribution >= 4 is 5.78 Å². The Hall–Kier alpha value is -2.03. The molecule has 0 radical (unpaired) electrons. The van der Waals surface area contributed by atoms with Crippen molar-refractivity contribution in [3.63, 3.8) is 0 Å². The summed E-state index contributed by atoms with van der Waals surface area (Å²) in [5.74, 6) is 0.913. The van der Waals surface area contributed by atoms with E-state index in [0.717, 1.165) is 24.0 Å². The van der Waals surface area contributed by atoms with Crippen molar-refractivity contribution < 1.29 is 14.6 Å². The van der Waals surface area contributed by atoms with Gasteiger partial charge in [-0.15, -0.1) is 0 Å². The standard InChI is InChI=1S/C15H14O3/c1-18-12-8-10-2-5-15(14(10)13(17)9-12)6-3-11(16)4-7-15/h3-4,6-9,17H,2,5H2,1H3. The van der Waals surface area contributed by atoms with Crippen LogP contribution in [0, 0.1) is 0 Å². The van der Waals surface area contributed by atoms with Crippen molar-refractivity contribution in [2.24, 2.45) is 0 Å². The average molecular weight is 242 g/mol. The quantitative estimate of drug-likeness (QED) is 0.821. The van der Waals surface area contributed by atoms with Gasteiger partial charge in [0.25, 0.3) is 0 Å². The molecule has 92 valence electrons. The van der Waals surface area contributed by atoms with Crippen molar-refractivity contribution in [3.05, 3.63) is 47.6 Å². The lowest BCUT2D eigenvalue weighted by molar-refractivity contribution is -0.110. The minimum Gasteiger partial charge on any atom is -0.507 e. The molecule has 0 saturated carbocycles. The molecule has 0 unspecified atom stereocenters. The Bertz CT molecular complexity index is 566. The molecule has 1 aromatic rings. The third kappa shape index (κ3) is 1.47. The highest BCUT2D eigenvalue weighted by Gasteiger charge is 2.38. The molecule has 3 rings (SSSR count). The van der Waals surface area contributed by atoms with Gasteiger partial charge in [-0.05, 0) is 36.6 Å². The van der Waals surface area contributed by atoms with Gasteiger partial charge in [0.05, 0.1) is 7.11 Å². The Labute approximate surface area is 105 Å². The summed E-state index contributed by atoms with van der Waals surface area (Å²) in [5, 5.41) is 10.2. The van der Waals surface area contributed by atoms with Gasteiger partial charge in [0.1, 0.15) is 11.5 Å². The van der Waals surface area contributed by atoms with E-state index in [1.807, 2.05) is 18.2 Å². The Morgan fingerprint density at radius 2 is 2.00 bits per heavy atom. The molecule has 0 aliphatic heterocycles. The number of phenols is 1. The normalized spacial score (nSPS) is 19.3. The summed E-state index contributed by atoms with van der Waals surface area (Å²) in [4.78, 5) is 11.2. The molecular weight excluding hydrogens is 228 g/mol. The Kier molecular flexibility index (Phi) is 2.30. The van der Waals surface area contributed by atoms with Gasteiger partial charge in [-0.2, -0.15) is 0 Å². The zero-order valence-corrected chi connectivity index (χ0v) is 10.1. The summed E-state index contributed by atoms with van der Waals surface area (Å²) in [6.07, 6.45) is 8.71. The molecule has 18 heavy (non-hydrogen) atoms. The molecule has 1 aromatic carbocycles. The van der Waals surface area contributed by atoms with E-state index in [4.69, 9.17) is 4.74 Å². The largest absolute Gasteiger partial charge is 0.507 e. The number of allylic oxidation sites excluding steroid dienone is 4. The molecule has 1 N–H and O–H groups in total. The van der Waals surface area contributed by atoms with E-state index in [0.29, 0.717) is 5.75 Å². The molecule has 0 aromatic heterocycles. The highest BCUT2D eigenvalue weighted by Crippen LogP contribution is 2.48. The van der Waals surface area contributed by atoms with Gasteiger partial charge in [-0.25, -0.2) is 0 Å². The molecule has 0 heterocycles. The summed E-state index contributed by atoms with van der Waals surface area (Å²) in [5.41, 5.74) is 1.68. The maximum Gasteiger partial charge on any atom is 0.178 e. The van der Waals surface area contributed by atoms with Crippen LogP contribution in [0.25, 0.3) is 0 Å². The van der Waals surface area contributed by atoms with Crippen molar-refractivity contribution in [1.82, 2.24) is 0 Å². The van der Waals surface area contributed by atoms with E-state index in [1.165, 1.54) is 0 Å². The summed E-state index contributed by atoms with van der Waals surface area (Å²) in [6.45, 7) is 0. The third-order valence-corrected chi connectivity index (χ3v) is 3.77. The van der Waals surface area contributed by atoms with Crippen LogP contribution in [0.15, 0.2) is 36.4 Å². The smallest absolute Gasteiger partial charge is 0.178 e. The fourth-order valence-corrected chi connectivity index (χ4v) is 2.88. The zero-order chi connectivity index (χ0) is 12.8. The van der Waals surface area contributed by atoms with E-state index in [9.17, 15) is 9.90 Å². The topological polar surface area (TPSA) is 46.5 Å².